The maximum atomic E-state index is 8.88. The predicted octanol–water partition coefficient (Wildman–Crippen LogP) is 12.0. The molecule has 0 radical (unpaired) electrons. The molecule has 0 saturated heterocycles. The van der Waals surface area contributed by atoms with Crippen molar-refractivity contribution >= 4 is 54.3 Å². The second-order valence-electron chi connectivity index (χ2n) is 10.1. The molecule has 1 aromatic heterocycles. The summed E-state index contributed by atoms with van der Waals surface area (Å²) in [6, 6.07) is 13.2. The molecular weight excluding hydrogens is 520 g/mol. The van der Waals surface area contributed by atoms with Gasteiger partial charge in [0.25, 0.3) is 0 Å². The van der Waals surface area contributed by atoms with Gasteiger partial charge in [0.2, 0.25) is 0 Å². The van der Waals surface area contributed by atoms with Crippen molar-refractivity contribution < 1.29 is 25.0 Å². The topological polar surface area (TPSA) is 13.1 Å². The molecule has 0 bridgehead atoms. The van der Waals surface area contributed by atoms with Gasteiger partial charge in [0, 0.05) is 10.8 Å². The van der Waals surface area contributed by atoms with Crippen molar-refractivity contribution in [2.24, 2.45) is 0 Å². The molecule has 1 heterocycles. The zero-order valence-corrected chi connectivity index (χ0v) is 22.3. The van der Waals surface area contributed by atoms with E-state index in [2.05, 4.69) is 0 Å². The maximum Gasteiger partial charge on any atom is 0.135 e. The van der Waals surface area contributed by atoms with Gasteiger partial charge in [-0.05, 0) is 83.8 Å². The van der Waals surface area contributed by atoms with Gasteiger partial charge in [-0.15, -0.1) is 0 Å². The minimum absolute atomic E-state index is 0.00226. The molecule has 0 saturated carbocycles. The Balaban J connectivity index is 1.33. The quantitative estimate of drug-likeness (QED) is 0.196. The highest BCUT2D eigenvalue weighted by Gasteiger charge is 2.18. The zero-order chi connectivity index (χ0) is 41.4. The SMILES string of the molecule is [2H]c1cc2c(-c3ccc(-c4cc5c(oc6c([2H])c([2H])c([2H])c([2H])c65)c([2H])c4[2H])cc3)c3cc([2H])c([2H])cc3c(-c3cc([2H])c([2H])c4c([2H])c([2H])c([2H])cc34)c2cc1[2H]. The molecule has 43 heavy (non-hydrogen) atoms. The van der Waals surface area contributed by atoms with E-state index in [4.69, 9.17) is 25.0 Å². The molecular formula is C42H26O. The fourth-order valence-electron chi connectivity index (χ4n) is 5.95. The van der Waals surface area contributed by atoms with Gasteiger partial charge in [-0.25, -0.2) is 0 Å². The molecule has 200 valence electrons. The van der Waals surface area contributed by atoms with E-state index in [9.17, 15) is 0 Å². The van der Waals surface area contributed by atoms with E-state index in [1.54, 1.807) is 30.3 Å². The monoisotopic (exact) mass is 561 g/mol. The highest BCUT2D eigenvalue weighted by Crippen LogP contribution is 2.45. The first-order chi connectivity index (χ1) is 27.5. The summed E-state index contributed by atoms with van der Waals surface area (Å²) in [7, 11) is 0. The third kappa shape index (κ3) is 3.72. The Hall–Kier alpha value is -5.66. The van der Waals surface area contributed by atoms with Gasteiger partial charge < -0.3 is 4.42 Å². The Morgan fingerprint density at radius 1 is 0.372 bits per heavy atom. The normalized spacial score (nSPS) is 16.6. The average Bonchev–Trinajstić information content (AvgIpc) is 3.59. The van der Waals surface area contributed by atoms with Crippen molar-refractivity contribution in [2.45, 2.75) is 0 Å². The van der Waals surface area contributed by atoms with Gasteiger partial charge in [0.05, 0.1) is 20.6 Å². The average molecular weight is 562 g/mol. The molecule has 0 fully saturated rings. The van der Waals surface area contributed by atoms with E-state index >= 15 is 0 Å². The second-order valence-corrected chi connectivity index (χ2v) is 10.1. The Morgan fingerprint density at radius 3 is 1.72 bits per heavy atom. The van der Waals surface area contributed by atoms with Crippen molar-refractivity contribution in [3.63, 3.8) is 0 Å². The summed E-state index contributed by atoms with van der Waals surface area (Å²) in [6.07, 6.45) is 0. The van der Waals surface area contributed by atoms with Crippen LogP contribution in [0.4, 0.5) is 0 Å². The van der Waals surface area contributed by atoms with Gasteiger partial charge in [-0.3, -0.25) is 0 Å². The largest absolute Gasteiger partial charge is 0.456 e. The molecule has 0 aliphatic rings. The lowest BCUT2D eigenvalue weighted by Crippen LogP contribution is -1.91. The van der Waals surface area contributed by atoms with Crippen LogP contribution in [0.2, 0.25) is 0 Å². The van der Waals surface area contributed by atoms with Crippen LogP contribution in [0.25, 0.3) is 87.6 Å². The molecule has 0 atom stereocenters. The van der Waals surface area contributed by atoms with Crippen LogP contribution >= 0.6 is 0 Å². The second kappa shape index (κ2) is 9.44. The van der Waals surface area contributed by atoms with E-state index in [-0.39, 0.29) is 105 Å². The predicted molar refractivity (Wildman–Crippen MR) is 183 cm³/mol. The summed E-state index contributed by atoms with van der Waals surface area (Å²) < 4.78 is 134. The zero-order valence-electron chi connectivity index (χ0n) is 37.3. The Morgan fingerprint density at radius 2 is 0.953 bits per heavy atom. The van der Waals surface area contributed by atoms with E-state index in [1.807, 2.05) is 0 Å². The molecule has 1 heteroatoms. The van der Waals surface area contributed by atoms with Gasteiger partial charge >= 0.3 is 0 Å². The summed E-state index contributed by atoms with van der Waals surface area (Å²) in [6.45, 7) is 0. The van der Waals surface area contributed by atoms with Crippen LogP contribution in [0.15, 0.2) is 162 Å². The Kier molecular flexibility index (Phi) is 2.97. The summed E-state index contributed by atoms with van der Waals surface area (Å²) in [5.74, 6) is 0. The summed E-state index contributed by atoms with van der Waals surface area (Å²) in [5.41, 5.74) is 2.53. The molecule has 0 aliphatic carbocycles. The lowest BCUT2D eigenvalue weighted by atomic mass is 9.84. The first-order valence-corrected chi connectivity index (χ1v) is 13.5. The molecule has 9 aromatic rings. The molecule has 0 N–H and O–H groups in total. The third-order valence-corrected chi connectivity index (χ3v) is 7.86. The number of fused-ring (bicyclic) bond motifs is 6. The summed E-state index contributed by atoms with van der Waals surface area (Å²) >= 11 is 0. The smallest absolute Gasteiger partial charge is 0.135 e. The van der Waals surface area contributed by atoms with E-state index < -0.39 is 18.1 Å². The van der Waals surface area contributed by atoms with Crippen molar-refractivity contribution in [1.82, 2.24) is 0 Å². The lowest BCUT2D eigenvalue weighted by Gasteiger charge is -2.19. The Bertz CT molecular complexity index is 3270. The van der Waals surface area contributed by atoms with E-state index in [0.29, 0.717) is 54.9 Å². The Labute approximate surface area is 270 Å². The van der Waals surface area contributed by atoms with Crippen LogP contribution in [-0.4, -0.2) is 0 Å². The number of para-hydroxylation sites is 1. The van der Waals surface area contributed by atoms with Gasteiger partial charge in [-0.2, -0.15) is 0 Å². The van der Waals surface area contributed by atoms with Crippen LogP contribution in [0, 0.1) is 0 Å². The van der Waals surface area contributed by atoms with Crippen LogP contribution in [0.3, 0.4) is 0 Å². The summed E-state index contributed by atoms with van der Waals surface area (Å²) in [4.78, 5) is 0. The van der Waals surface area contributed by atoms with Crippen LogP contribution < -0.4 is 0 Å². The number of hydrogen-bond acceptors (Lipinski definition) is 1. The highest BCUT2D eigenvalue weighted by molar-refractivity contribution is 6.23. The molecule has 9 rings (SSSR count). The number of furan rings is 1. The van der Waals surface area contributed by atoms with Gasteiger partial charge in [0.1, 0.15) is 11.2 Å². The maximum absolute atomic E-state index is 8.88. The van der Waals surface area contributed by atoms with Crippen LogP contribution in [-0.2, 0) is 0 Å². The molecule has 1 nitrogen and oxygen atoms in total. The van der Waals surface area contributed by atoms with Crippen molar-refractivity contribution in [3.05, 3.63) is 157 Å². The van der Waals surface area contributed by atoms with Crippen molar-refractivity contribution in [2.75, 3.05) is 0 Å². The molecule has 0 aliphatic heterocycles. The van der Waals surface area contributed by atoms with Crippen molar-refractivity contribution in [3.8, 4) is 33.4 Å². The first kappa shape index (κ1) is 13.5. The number of rotatable bonds is 3. The number of benzene rings is 8. The molecule has 0 amide bonds. The fraction of sp³-hybridized carbons (Fsp3) is 0. The molecule has 8 aromatic carbocycles. The minimum Gasteiger partial charge on any atom is -0.456 e. The van der Waals surface area contributed by atoms with Crippen LogP contribution in [0.5, 0.6) is 0 Å². The van der Waals surface area contributed by atoms with E-state index in [0.717, 1.165) is 0 Å². The molecule has 0 spiro atoms. The third-order valence-electron chi connectivity index (χ3n) is 7.86. The summed E-state index contributed by atoms with van der Waals surface area (Å²) in [5, 5.41) is 2.45. The first-order valence-electron chi connectivity index (χ1n) is 21.0. The highest BCUT2D eigenvalue weighted by atomic mass is 16.3. The number of hydrogen-bond donors (Lipinski definition) is 0. The minimum atomic E-state index is -0.474. The van der Waals surface area contributed by atoms with Crippen LogP contribution in [0.1, 0.15) is 20.6 Å². The van der Waals surface area contributed by atoms with E-state index in [1.165, 1.54) is 36.4 Å². The van der Waals surface area contributed by atoms with Gasteiger partial charge in [-0.1, -0.05) is 139 Å². The van der Waals surface area contributed by atoms with Crippen molar-refractivity contribution in [1.29, 1.82) is 0 Å². The fourth-order valence-corrected chi connectivity index (χ4v) is 5.95. The van der Waals surface area contributed by atoms with Gasteiger partial charge in [0.15, 0.2) is 0 Å². The lowest BCUT2D eigenvalue weighted by molar-refractivity contribution is 0.669. The molecule has 0 unspecified atom stereocenters. The standard InChI is InChI=1S/C42H26O/c1-2-12-31-28(10-1)11-9-18-33(31)42-36-16-5-3-14-34(36)41(35-15-4-6-17-37(35)42)29-22-20-27(21-23-29)30-24-25-40-38(26-30)32-13-7-8-19-39(32)43-40/h1-26H/i1D,2D,3D,4D,5D,6D,7D,8D,9D,10D,11D,13D,19D,24D,25D.